The van der Waals surface area contributed by atoms with Gasteiger partial charge in [-0.05, 0) is 64.5 Å². The summed E-state index contributed by atoms with van der Waals surface area (Å²) < 4.78 is 25.9. The highest BCUT2D eigenvalue weighted by Gasteiger charge is 2.53. The first-order valence-corrected chi connectivity index (χ1v) is 7.64. The lowest BCUT2D eigenvalue weighted by Gasteiger charge is -2.32. The molecule has 0 saturated carbocycles. The Kier molecular flexibility index (Phi) is 3.77. The third-order valence-corrected chi connectivity index (χ3v) is 4.49. The van der Waals surface area contributed by atoms with E-state index >= 15 is 0 Å². The molecule has 0 atom stereocenters. The topological polar surface area (TPSA) is 44.2 Å². The second-order valence-corrected chi connectivity index (χ2v) is 6.89. The summed E-state index contributed by atoms with van der Waals surface area (Å²) in [5.74, 6) is 0. The maximum atomic E-state index is 14.5. The molecule has 3 rings (SSSR count). The van der Waals surface area contributed by atoms with E-state index in [9.17, 15) is 4.39 Å². The molecule has 0 aromatic carbocycles. The molecule has 1 aliphatic rings. The molecule has 0 bridgehead atoms. The van der Waals surface area contributed by atoms with Crippen LogP contribution in [0.3, 0.4) is 0 Å². The van der Waals surface area contributed by atoms with E-state index in [2.05, 4.69) is 9.97 Å². The average molecular weight is 314 g/mol. The summed E-state index contributed by atoms with van der Waals surface area (Å²) in [6, 6.07) is 5.68. The molecule has 1 aliphatic heterocycles. The van der Waals surface area contributed by atoms with E-state index in [-0.39, 0.29) is 0 Å². The molecule has 4 nitrogen and oxygen atoms in total. The fourth-order valence-electron chi connectivity index (χ4n) is 2.38. The molecule has 0 aliphatic carbocycles. The Morgan fingerprint density at radius 1 is 1.17 bits per heavy atom. The fraction of sp³-hybridized carbons (Fsp3) is 0.412. The van der Waals surface area contributed by atoms with E-state index < -0.39 is 24.0 Å². The van der Waals surface area contributed by atoms with Crippen molar-refractivity contribution in [3.8, 4) is 0 Å². The van der Waals surface area contributed by atoms with Crippen molar-refractivity contribution < 1.29 is 13.7 Å². The van der Waals surface area contributed by atoms with Gasteiger partial charge >= 0.3 is 7.12 Å². The first kappa shape index (κ1) is 16.1. The van der Waals surface area contributed by atoms with Crippen LogP contribution >= 0.6 is 0 Å². The fourth-order valence-corrected chi connectivity index (χ4v) is 2.38. The lowest BCUT2D eigenvalue weighted by molar-refractivity contribution is 0.00578. The van der Waals surface area contributed by atoms with Gasteiger partial charge in [0.05, 0.1) is 11.2 Å². The number of halogens is 1. The molecule has 23 heavy (non-hydrogen) atoms. The Bertz CT molecular complexity index is 773. The molecule has 0 unspecified atom stereocenters. The Labute approximate surface area is 135 Å². The van der Waals surface area contributed by atoms with Gasteiger partial charge in [0.25, 0.3) is 0 Å². The quantitative estimate of drug-likeness (QED) is 0.789. The molecule has 120 valence electrons. The Balaban J connectivity index is 1.88. The average Bonchev–Trinajstić information content (AvgIpc) is 2.68. The van der Waals surface area contributed by atoms with Gasteiger partial charge < -0.3 is 9.31 Å². The monoisotopic (exact) mass is 314 g/mol. The molecular formula is C17H20BFN2O2. The van der Waals surface area contributed by atoms with E-state index in [0.29, 0.717) is 11.2 Å². The van der Waals surface area contributed by atoms with Gasteiger partial charge in [0.15, 0.2) is 5.65 Å². The Morgan fingerprint density at radius 2 is 1.83 bits per heavy atom. The predicted molar refractivity (Wildman–Crippen MR) is 89.4 cm³/mol. The predicted octanol–water partition coefficient (Wildman–Crippen LogP) is 3.88. The largest absolute Gasteiger partial charge is 0.525 e. The molecule has 0 radical (unpaired) electrons. The molecule has 1 saturated heterocycles. The SMILES string of the molecule is Cc1ccc2cc(C=C(F)B3OC(C)(C)C(C)(C)O3)cnc2n1. The van der Waals surface area contributed by atoms with Crippen LogP contribution in [0.25, 0.3) is 17.1 Å². The van der Waals surface area contributed by atoms with Crippen molar-refractivity contribution in [1.82, 2.24) is 9.97 Å². The van der Waals surface area contributed by atoms with Crippen LogP contribution in [0.1, 0.15) is 39.0 Å². The van der Waals surface area contributed by atoms with Crippen LogP contribution in [0.15, 0.2) is 30.1 Å². The molecule has 0 amide bonds. The first-order chi connectivity index (χ1) is 10.7. The highest BCUT2D eigenvalue weighted by atomic mass is 19.1. The van der Waals surface area contributed by atoms with Crippen molar-refractivity contribution in [3.05, 3.63) is 41.4 Å². The van der Waals surface area contributed by atoms with Crippen LogP contribution in [-0.4, -0.2) is 28.3 Å². The summed E-state index contributed by atoms with van der Waals surface area (Å²) >= 11 is 0. The Morgan fingerprint density at radius 3 is 2.48 bits per heavy atom. The van der Waals surface area contributed by atoms with E-state index in [1.54, 1.807) is 6.20 Å². The van der Waals surface area contributed by atoms with E-state index in [1.165, 1.54) is 6.08 Å². The Hall–Kier alpha value is -1.79. The van der Waals surface area contributed by atoms with Crippen molar-refractivity contribution in [2.75, 3.05) is 0 Å². The summed E-state index contributed by atoms with van der Waals surface area (Å²) in [5, 5.41) is 0.867. The third kappa shape index (κ3) is 3.01. The van der Waals surface area contributed by atoms with Crippen molar-refractivity contribution >= 4 is 24.2 Å². The normalized spacial score (nSPS) is 20.3. The van der Waals surface area contributed by atoms with Gasteiger partial charge in [-0.15, -0.1) is 0 Å². The van der Waals surface area contributed by atoms with Crippen molar-refractivity contribution in [2.45, 2.75) is 45.8 Å². The smallest absolute Gasteiger partial charge is 0.398 e. The molecule has 0 spiro atoms. The van der Waals surface area contributed by atoms with Crippen molar-refractivity contribution in [3.63, 3.8) is 0 Å². The van der Waals surface area contributed by atoms with Gasteiger partial charge in [-0.1, -0.05) is 0 Å². The molecule has 3 heterocycles. The van der Waals surface area contributed by atoms with Crippen LogP contribution in [0, 0.1) is 6.92 Å². The van der Waals surface area contributed by atoms with Crippen LogP contribution < -0.4 is 0 Å². The number of fused-ring (bicyclic) bond motifs is 1. The summed E-state index contributed by atoms with van der Waals surface area (Å²) in [5.41, 5.74) is 0.604. The van der Waals surface area contributed by atoms with Gasteiger partial charge in [0.2, 0.25) is 0 Å². The van der Waals surface area contributed by atoms with Crippen molar-refractivity contribution in [2.24, 2.45) is 0 Å². The lowest BCUT2D eigenvalue weighted by atomic mass is 9.87. The zero-order valence-corrected chi connectivity index (χ0v) is 14.1. The van der Waals surface area contributed by atoms with E-state index in [1.807, 2.05) is 52.8 Å². The molecule has 2 aromatic rings. The lowest BCUT2D eigenvalue weighted by Crippen LogP contribution is -2.41. The molecule has 2 aromatic heterocycles. The number of rotatable bonds is 2. The number of hydrogen-bond acceptors (Lipinski definition) is 4. The summed E-state index contributed by atoms with van der Waals surface area (Å²) in [4.78, 5) is 8.61. The number of hydrogen-bond donors (Lipinski definition) is 0. The van der Waals surface area contributed by atoms with Gasteiger partial charge in [-0.2, -0.15) is 0 Å². The van der Waals surface area contributed by atoms with Crippen LogP contribution in [-0.2, 0) is 9.31 Å². The second-order valence-electron chi connectivity index (χ2n) is 6.89. The van der Waals surface area contributed by atoms with Crippen LogP contribution in [0.2, 0.25) is 0 Å². The number of pyridine rings is 2. The maximum absolute atomic E-state index is 14.5. The minimum absolute atomic E-state index is 0.468. The first-order valence-electron chi connectivity index (χ1n) is 7.64. The number of aryl methyl sites for hydroxylation is 1. The van der Waals surface area contributed by atoms with Gasteiger partial charge in [0, 0.05) is 17.3 Å². The van der Waals surface area contributed by atoms with Crippen LogP contribution in [0.5, 0.6) is 0 Å². The van der Waals surface area contributed by atoms with E-state index in [4.69, 9.17) is 9.31 Å². The molecule has 0 N–H and O–H groups in total. The number of aromatic nitrogens is 2. The molecular weight excluding hydrogens is 294 g/mol. The molecule has 1 fully saturated rings. The van der Waals surface area contributed by atoms with Gasteiger partial charge in [-0.25, -0.2) is 14.4 Å². The zero-order valence-electron chi connectivity index (χ0n) is 14.1. The zero-order chi connectivity index (χ0) is 16.8. The summed E-state index contributed by atoms with van der Waals surface area (Å²) in [6.07, 6.45) is 2.99. The highest BCUT2D eigenvalue weighted by Crippen LogP contribution is 2.39. The second kappa shape index (κ2) is 5.39. The van der Waals surface area contributed by atoms with Gasteiger partial charge in [-0.3, -0.25) is 0 Å². The summed E-state index contributed by atoms with van der Waals surface area (Å²) in [6.45, 7) is 9.49. The highest BCUT2D eigenvalue weighted by molar-refractivity contribution is 6.54. The van der Waals surface area contributed by atoms with Crippen LogP contribution in [0.4, 0.5) is 4.39 Å². The minimum atomic E-state index is -0.994. The number of nitrogens with zero attached hydrogens (tertiary/aromatic N) is 2. The summed E-state index contributed by atoms with van der Waals surface area (Å²) in [7, 11) is -0.994. The van der Waals surface area contributed by atoms with Crippen molar-refractivity contribution in [1.29, 1.82) is 0 Å². The standard InChI is InChI=1S/C17H20BFN2O2/c1-11-6-7-13-8-12(10-20-15(13)21-11)9-14(19)18-22-16(2,3)17(4,5)23-18/h6-10H,1-5H3. The maximum Gasteiger partial charge on any atom is 0.525 e. The third-order valence-electron chi connectivity index (χ3n) is 4.49. The molecule has 6 heteroatoms. The minimum Gasteiger partial charge on any atom is -0.398 e. The van der Waals surface area contributed by atoms with Gasteiger partial charge in [0.1, 0.15) is 5.73 Å². The van der Waals surface area contributed by atoms with E-state index in [0.717, 1.165) is 11.1 Å².